The summed E-state index contributed by atoms with van der Waals surface area (Å²) in [6.45, 7) is 12.3. The molecule has 0 saturated heterocycles. The van der Waals surface area contributed by atoms with Gasteiger partial charge in [0.2, 0.25) is 0 Å². The molecule has 6 N–H and O–H groups in total. The Morgan fingerprint density at radius 1 is 0.726 bits per heavy atom. The molecular weight excluding hydrogens is 949 g/mol. The number of carboxylic acid groups (broad SMARTS) is 2. The quantitative estimate of drug-likeness (QED) is 0.0468. The molecule has 10 nitrogen and oxygen atoms in total. The minimum absolute atomic E-state index is 0. The number of halogens is 1. The van der Waals surface area contributed by atoms with Gasteiger partial charge >= 0.3 is 26.2 Å². The number of carbonyl (C=O) groups is 2. The summed E-state index contributed by atoms with van der Waals surface area (Å²) < 4.78 is 12.0. The van der Waals surface area contributed by atoms with E-state index in [0.29, 0.717) is 56.9 Å². The molecule has 14 heteroatoms. The van der Waals surface area contributed by atoms with E-state index in [9.17, 15) is 39.9 Å². The topological polar surface area (TPSA) is 174 Å². The first-order valence-corrected chi connectivity index (χ1v) is 27.1. The van der Waals surface area contributed by atoms with Crippen molar-refractivity contribution in [2.45, 2.75) is 138 Å². The first kappa shape index (κ1) is 57.1. The third-order valence-corrected chi connectivity index (χ3v) is 18.7. The van der Waals surface area contributed by atoms with Crippen LogP contribution in [0.25, 0.3) is 5.57 Å². The van der Waals surface area contributed by atoms with Gasteiger partial charge in [0, 0.05) is 29.6 Å². The van der Waals surface area contributed by atoms with Gasteiger partial charge in [0.1, 0.15) is 30.1 Å². The van der Waals surface area contributed by atoms with Crippen LogP contribution in [0.4, 0.5) is 0 Å². The monoisotopic (exact) mass is 1020 g/mol. The van der Waals surface area contributed by atoms with Gasteiger partial charge in [-0.1, -0.05) is 126 Å². The van der Waals surface area contributed by atoms with Crippen molar-refractivity contribution < 1.29 is 49.4 Å². The van der Waals surface area contributed by atoms with E-state index in [-0.39, 0.29) is 81.3 Å². The predicted molar refractivity (Wildman–Crippen MR) is 292 cm³/mol. The maximum atomic E-state index is 13.0. The van der Waals surface area contributed by atoms with E-state index in [0.717, 1.165) is 41.9 Å². The van der Waals surface area contributed by atoms with Crippen LogP contribution in [0.3, 0.4) is 0 Å². The van der Waals surface area contributed by atoms with Crippen LogP contribution in [0.2, 0.25) is 5.02 Å². The fraction of sp³-hybridized carbons (Fsp3) is 0.525. The Labute approximate surface area is 460 Å². The van der Waals surface area contributed by atoms with Crippen LogP contribution in [-0.4, -0.2) is 86.0 Å². The number of fused-ring (bicyclic) bond motifs is 5. The largest absolute Gasteiger partial charge is 0.488 e. The third kappa shape index (κ3) is 12.5. The van der Waals surface area contributed by atoms with Crippen molar-refractivity contribution in [1.82, 2.24) is 0 Å². The molecule has 8 rings (SSSR count). The van der Waals surface area contributed by atoms with E-state index in [1.54, 1.807) is 66.7 Å². The van der Waals surface area contributed by atoms with Crippen LogP contribution in [0, 0.1) is 58.2 Å². The van der Waals surface area contributed by atoms with Gasteiger partial charge in [0.15, 0.2) is 5.75 Å². The van der Waals surface area contributed by atoms with Crippen molar-refractivity contribution in [2.75, 3.05) is 0 Å². The Balaban J connectivity index is 0.00000780. The number of ether oxygens (including phenoxy) is 2. The van der Waals surface area contributed by atoms with Gasteiger partial charge in [-0.15, -0.1) is 0 Å². The van der Waals surface area contributed by atoms with E-state index >= 15 is 0 Å². The Kier molecular flexibility index (Phi) is 19.3. The Morgan fingerprint density at radius 3 is 1.99 bits per heavy atom. The van der Waals surface area contributed by atoms with Crippen LogP contribution in [0.1, 0.15) is 167 Å². The van der Waals surface area contributed by atoms with Crippen molar-refractivity contribution in [3.05, 3.63) is 123 Å². The summed E-state index contributed by atoms with van der Waals surface area (Å²) in [6, 6.07) is 21.2. The van der Waals surface area contributed by atoms with Crippen LogP contribution in [-0.2, 0) is 13.2 Å². The van der Waals surface area contributed by atoms with E-state index in [4.69, 9.17) is 21.1 Å². The van der Waals surface area contributed by atoms with Crippen molar-refractivity contribution >= 4 is 83.8 Å². The summed E-state index contributed by atoms with van der Waals surface area (Å²) in [6.07, 6.45) is 19.5. The average Bonchev–Trinajstić information content (AvgIpc) is 3.71. The normalized spacial score (nSPS) is 25.9. The van der Waals surface area contributed by atoms with Crippen molar-refractivity contribution in [2.24, 2.45) is 58.2 Å². The number of aromatic carboxylic acids is 2. The molecule has 4 aromatic carbocycles. The van der Waals surface area contributed by atoms with Gasteiger partial charge in [-0.2, -0.15) is 0 Å². The molecule has 4 aromatic rings. The third-order valence-electron chi connectivity index (χ3n) is 18.4. The molecule has 0 bridgehead atoms. The van der Waals surface area contributed by atoms with Crippen molar-refractivity contribution in [3.8, 4) is 11.5 Å². The number of hydrogen-bond acceptors (Lipinski definition) is 8. The molecule has 73 heavy (non-hydrogen) atoms. The fourth-order valence-electron chi connectivity index (χ4n) is 14.7. The minimum atomic E-state index is -1.76. The molecule has 0 amide bonds. The van der Waals surface area contributed by atoms with E-state index in [1.807, 2.05) is 0 Å². The molecule has 4 aliphatic rings. The Morgan fingerprint density at radius 2 is 1.34 bits per heavy atom. The zero-order chi connectivity index (χ0) is 51.5. The molecule has 0 aliphatic heterocycles. The molecule has 0 spiro atoms. The Hall–Kier alpha value is -3.58. The molecule has 0 aromatic heterocycles. The number of carboxylic acids is 2. The average molecular weight is 1020 g/mol. The van der Waals surface area contributed by atoms with Gasteiger partial charge in [-0.3, -0.25) is 0 Å². The first-order chi connectivity index (χ1) is 34.4. The van der Waals surface area contributed by atoms with Gasteiger partial charge in [-0.25, -0.2) is 9.59 Å². The fourth-order valence-corrected chi connectivity index (χ4v) is 15.0. The Bertz CT molecular complexity index is 2610. The summed E-state index contributed by atoms with van der Waals surface area (Å²) in [4.78, 5) is 25.9. The van der Waals surface area contributed by atoms with Gasteiger partial charge in [0.05, 0.1) is 5.02 Å². The predicted octanol–water partition coefficient (Wildman–Crippen LogP) is 10.8. The van der Waals surface area contributed by atoms with Gasteiger partial charge in [-0.05, 0) is 192 Å². The summed E-state index contributed by atoms with van der Waals surface area (Å²) in [5.74, 6) is 3.59. The molecule has 4 fully saturated rings. The molecule has 9 atom stereocenters. The van der Waals surface area contributed by atoms with Crippen molar-refractivity contribution in [3.63, 3.8) is 0 Å². The van der Waals surface area contributed by atoms with E-state index in [2.05, 4.69) is 40.7 Å². The van der Waals surface area contributed by atoms with Crippen LogP contribution in [0.15, 0.2) is 84.9 Å². The van der Waals surface area contributed by atoms with Gasteiger partial charge in [0.25, 0.3) is 0 Å². The standard InChI is InChI=1S/C59H75B2ClO10.Na/c1-36(2)12-10-13-37(3)48-23-24-49-45-22-21-43-30-38(26-28-58(43,4)50(45)27-29-59(48,49)5)14-11-17-44(39-20-25-54(46(31-39)56(63)64)71-34-40-15-6-8-18-51(40)60(67)68)42-32-47(57(65)66)55(53(62)33-42)72-35-41-16-7-9-19-52(41)61(69)70;/h6-9,15-20,25,31-33,36-38,43,45,48-50,67-70H,10-14,21-24,26-30,34-35H2,1-5H3,(H,63,64)(H,65,66);/b44-17-;/t37-,38+,43+,45+,48-,49+,50+,58+,59-;/m1./s1. The molecular formula is C59H75B2ClNaO10. The van der Waals surface area contributed by atoms with Gasteiger partial charge < -0.3 is 39.8 Å². The van der Waals surface area contributed by atoms with E-state index < -0.39 is 26.2 Å². The molecule has 1 radical (unpaired) electrons. The number of allylic oxidation sites excluding steroid dienone is 1. The molecule has 0 heterocycles. The second-order valence-corrected chi connectivity index (χ2v) is 23.3. The second kappa shape index (κ2) is 24.6. The minimum Gasteiger partial charge on any atom is -0.488 e. The smallest absolute Gasteiger partial charge is 0.488 e. The second-order valence-electron chi connectivity index (χ2n) is 22.9. The zero-order valence-electron chi connectivity index (χ0n) is 43.9. The summed E-state index contributed by atoms with van der Waals surface area (Å²) in [7, 11) is -3.49. The first-order valence-electron chi connectivity index (χ1n) is 26.7. The number of rotatable bonds is 20. The molecule has 0 unspecified atom stereocenters. The van der Waals surface area contributed by atoms with Crippen molar-refractivity contribution in [1.29, 1.82) is 0 Å². The number of hydrogen-bond donors (Lipinski definition) is 6. The maximum absolute atomic E-state index is 13.0. The summed E-state index contributed by atoms with van der Waals surface area (Å²) in [5, 5.41) is 60.9. The number of benzene rings is 4. The van der Waals surface area contributed by atoms with E-state index in [1.165, 1.54) is 89.2 Å². The van der Waals surface area contributed by atoms with Crippen LogP contribution in [0.5, 0.6) is 11.5 Å². The van der Waals surface area contributed by atoms with Crippen LogP contribution < -0.4 is 20.4 Å². The van der Waals surface area contributed by atoms with Crippen LogP contribution >= 0.6 is 11.6 Å². The zero-order valence-corrected chi connectivity index (χ0v) is 46.6. The maximum Gasteiger partial charge on any atom is 0.488 e. The molecule has 385 valence electrons. The molecule has 4 aliphatic carbocycles. The SMILES string of the molecule is CC(C)CCC[C@@H](C)[C@H]1CC[C@H]2[C@@H]3CC[C@H]4C[C@@H](CC/C=C(/c5ccc(OCc6ccccc6B(O)O)c(C(=O)O)c5)c5cc(Cl)c(OCc6ccccc6B(O)O)c(C(=O)O)c5)CC[C@]4(C)[C@H]3CC[C@]12C.[Na]. The summed E-state index contributed by atoms with van der Waals surface area (Å²) >= 11 is 6.92. The summed E-state index contributed by atoms with van der Waals surface area (Å²) in [5.41, 5.74) is 3.49. The molecule has 4 saturated carbocycles.